The molecule has 2 fully saturated rings. The van der Waals surface area contributed by atoms with E-state index in [0.29, 0.717) is 6.04 Å². The summed E-state index contributed by atoms with van der Waals surface area (Å²) in [6.07, 6.45) is 13.8. The van der Waals surface area contributed by atoms with E-state index >= 15 is 0 Å². The highest BCUT2D eigenvalue weighted by Gasteiger charge is 2.20. The van der Waals surface area contributed by atoms with Crippen molar-refractivity contribution in [2.45, 2.75) is 70.8 Å². The summed E-state index contributed by atoms with van der Waals surface area (Å²) in [5, 5.41) is 3.83. The number of aromatic nitrogens is 1. The van der Waals surface area contributed by atoms with Crippen LogP contribution in [0.25, 0.3) is 11.5 Å². The van der Waals surface area contributed by atoms with E-state index < -0.39 is 0 Å². The number of oxazole rings is 1. The first-order chi connectivity index (χ1) is 11.8. The monoisotopic (exact) mass is 324 g/mol. The lowest BCUT2D eigenvalue weighted by Crippen LogP contribution is -2.16. The molecule has 0 saturated heterocycles. The number of benzene rings is 1. The van der Waals surface area contributed by atoms with Crippen molar-refractivity contribution in [2.24, 2.45) is 5.92 Å². The molecular weight excluding hydrogens is 296 g/mol. The molecule has 1 aromatic carbocycles. The summed E-state index contributed by atoms with van der Waals surface area (Å²) >= 11 is 0. The Morgan fingerprint density at radius 1 is 1.08 bits per heavy atom. The first kappa shape index (κ1) is 15.7. The third-order valence-corrected chi connectivity index (χ3v) is 5.67. The molecule has 0 unspecified atom stereocenters. The molecule has 3 heteroatoms. The van der Waals surface area contributed by atoms with Gasteiger partial charge in [0.05, 0.1) is 5.69 Å². The molecule has 1 N–H and O–H groups in total. The van der Waals surface area contributed by atoms with Crippen molar-refractivity contribution in [3.05, 3.63) is 35.7 Å². The molecule has 2 aromatic rings. The molecular formula is C21H28N2O. The number of nitrogens with zero attached hydrogens (tertiary/aromatic N) is 1. The molecule has 128 valence electrons. The van der Waals surface area contributed by atoms with Gasteiger partial charge in [-0.3, -0.25) is 0 Å². The minimum absolute atomic E-state index is 0.633. The van der Waals surface area contributed by atoms with Crippen molar-refractivity contribution in [2.75, 3.05) is 5.32 Å². The van der Waals surface area contributed by atoms with Crippen LogP contribution in [0.4, 0.5) is 5.69 Å². The Labute approximate surface area is 144 Å². The Hall–Kier alpha value is -1.77. The van der Waals surface area contributed by atoms with Crippen LogP contribution in [0.1, 0.15) is 62.6 Å². The van der Waals surface area contributed by atoms with Crippen LogP contribution in [0, 0.1) is 12.8 Å². The van der Waals surface area contributed by atoms with E-state index in [4.69, 9.17) is 4.42 Å². The second-order valence-corrected chi connectivity index (χ2v) is 7.65. The zero-order chi connectivity index (χ0) is 16.4. The average Bonchev–Trinajstić information content (AvgIpc) is 3.32. The van der Waals surface area contributed by atoms with Gasteiger partial charge in [0.2, 0.25) is 5.89 Å². The number of rotatable bonds is 5. The van der Waals surface area contributed by atoms with Gasteiger partial charge in [-0.25, -0.2) is 4.98 Å². The molecule has 0 atom stereocenters. The quantitative estimate of drug-likeness (QED) is 0.762. The highest BCUT2D eigenvalue weighted by Crippen LogP contribution is 2.34. The van der Waals surface area contributed by atoms with E-state index in [0.717, 1.165) is 23.1 Å². The SMILES string of the molecule is Cc1coc(-c2ccc(CC3CCCC3)c(NC3CCCC3)c2)n1. The Morgan fingerprint density at radius 3 is 2.54 bits per heavy atom. The molecule has 3 nitrogen and oxygen atoms in total. The standard InChI is InChI=1S/C21H28N2O/c1-15-14-24-21(22-15)18-11-10-17(12-16-6-2-3-7-16)20(13-18)23-19-8-4-5-9-19/h10-11,13-14,16,19,23H,2-9,12H2,1H3. The van der Waals surface area contributed by atoms with E-state index in [1.165, 1.54) is 69.0 Å². The summed E-state index contributed by atoms with van der Waals surface area (Å²) in [7, 11) is 0. The van der Waals surface area contributed by atoms with E-state index in [2.05, 4.69) is 28.5 Å². The maximum absolute atomic E-state index is 5.61. The van der Waals surface area contributed by atoms with Gasteiger partial charge < -0.3 is 9.73 Å². The Balaban J connectivity index is 1.61. The fourth-order valence-corrected chi connectivity index (χ4v) is 4.32. The maximum atomic E-state index is 5.61. The fraction of sp³-hybridized carbons (Fsp3) is 0.571. The minimum atomic E-state index is 0.633. The first-order valence-corrected chi connectivity index (χ1v) is 9.60. The number of aryl methyl sites for hydroxylation is 1. The molecule has 0 radical (unpaired) electrons. The number of nitrogens with one attached hydrogen (secondary N) is 1. The van der Waals surface area contributed by atoms with Gasteiger partial charge in [-0.05, 0) is 49.8 Å². The largest absolute Gasteiger partial charge is 0.444 e. The smallest absolute Gasteiger partial charge is 0.226 e. The summed E-state index contributed by atoms with van der Waals surface area (Å²) in [6, 6.07) is 7.36. The van der Waals surface area contributed by atoms with Crippen molar-refractivity contribution < 1.29 is 4.42 Å². The van der Waals surface area contributed by atoms with Crippen molar-refractivity contribution in [1.29, 1.82) is 0 Å². The zero-order valence-electron chi connectivity index (χ0n) is 14.7. The third kappa shape index (κ3) is 3.50. The Morgan fingerprint density at radius 2 is 1.83 bits per heavy atom. The van der Waals surface area contributed by atoms with E-state index in [9.17, 15) is 0 Å². The predicted octanol–water partition coefficient (Wildman–Crippen LogP) is 5.74. The molecule has 1 heterocycles. The van der Waals surface area contributed by atoms with E-state index in [-0.39, 0.29) is 0 Å². The highest BCUT2D eigenvalue weighted by molar-refractivity contribution is 5.65. The van der Waals surface area contributed by atoms with Gasteiger partial charge in [0.1, 0.15) is 6.26 Å². The molecule has 0 amide bonds. The second-order valence-electron chi connectivity index (χ2n) is 7.65. The zero-order valence-corrected chi connectivity index (χ0v) is 14.7. The van der Waals surface area contributed by atoms with Crippen LogP contribution < -0.4 is 5.32 Å². The molecule has 1 aromatic heterocycles. The van der Waals surface area contributed by atoms with Crippen LogP contribution in [0.5, 0.6) is 0 Å². The van der Waals surface area contributed by atoms with Gasteiger partial charge in [0.15, 0.2) is 0 Å². The molecule has 2 aliphatic carbocycles. The lowest BCUT2D eigenvalue weighted by molar-refractivity contribution is 0.546. The van der Waals surface area contributed by atoms with Crippen LogP contribution in [0.3, 0.4) is 0 Å². The van der Waals surface area contributed by atoms with E-state index in [1.54, 1.807) is 6.26 Å². The predicted molar refractivity (Wildman–Crippen MR) is 98.2 cm³/mol. The van der Waals surface area contributed by atoms with Gasteiger partial charge >= 0.3 is 0 Å². The minimum Gasteiger partial charge on any atom is -0.444 e. The van der Waals surface area contributed by atoms with Crippen molar-refractivity contribution in [3.8, 4) is 11.5 Å². The van der Waals surface area contributed by atoms with Gasteiger partial charge in [-0.1, -0.05) is 44.6 Å². The summed E-state index contributed by atoms with van der Waals surface area (Å²) in [6.45, 7) is 1.97. The molecule has 0 spiro atoms. The summed E-state index contributed by atoms with van der Waals surface area (Å²) in [4.78, 5) is 4.49. The number of hydrogen-bond acceptors (Lipinski definition) is 3. The number of anilines is 1. The van der Waals surface area contributed by atoms with Crippen LogP contribution >= 0.6 is 0 Å². The third-order valence-electron chi connectivity index (χ3n) is 5.67. The fourth-order valence-electron chi connectivity index (χ4n) is 4.32. The Kier molecular flexibility index (Phi) is 4.59. The average molecular weight is 324 g/mol. The molecule has 0 aliphatic heterocycles. The molecule has 24 heavy (non-hydrogen) atoms. The topological polar surface area (TPSA) is 38.1 Å². The highest BCUT2D eigenvalue weighted by atomic mass is 16.3. The van der Waals surface area contributed by atoms with Crippen molar-refractivity contribution in [1.82, 2.24) is 4.98 Å². The summed E-state index contributed by atoms with van der Waals surface area (Å²) < 4.78 is 5.61. The summed E-state index contributed by atoms with van der Waals surface area (Å²) in [5.41, 5.74) is 4.80. The van der Waals surface area contributed by atoms with Crippen molar-refractivity contribution in [3.63, 3.8) is 0 Å². The maximum Gasteiger partial charge on any atom is 0.226 e. The van der Waals surface area contributed by atoms with Gasteiger partial charge in [0.25, 0.3) is 0 Å². The lowest BCUT2D eigenvalue weighted by Gasteiger charge is -2.20. The van der Waals surface area contributed by atoms with Crippen LogP contribution in [0.2, 0.25) is 0 Å². The van der Waals surface area contributed by atoms with Crippen LogP contribution in [-0.4, -0.2) is 11.0 Å². The van der Waals surface area contributed by atoms with Crippen LogP contribution in [-0.2, 0) is 6.42 Å². The second kappa shape index (κ2) is 7.00. The van der Waals surface area contributed by atoms with Crippen LogP contribution in [0.15, 0.2) is 28.9 Å². The normalized spacial score (nSPS) is 19.2. The van der Waals surface area contributed by atoms with Gasteiger partial charge in [-0.15, -0.1) is 0 Å². The molecule has 2 saturated carbocycles. The molecule has 0 bridgehead atoms. The molecule has 2 aliphatic rings. The Bertz CT molecular complexity index is 679. The van der Waals surface area contributed by atoms with E-state index in [1.807, 2.05) is 6.92 Å². The molecule has 4 rings (SSSR count). The number of hydrogen-bond donors (Lipinski definition) is 1. The lowest BCUT2D eigenvalue weighted by atomic mass is 9.95. The first-order valence-electron chi connectivity index (χ1n) is 9.60. The summed E-state index contributed by atoms with van der Waals surface area (Å²) in [5.74, 6) is 1.60. The van der Waals surface area contributed by atoms with Gasteiger partial charge in [-0.2, -0.15) is 0 Å². The van der Waals surface area contributed by atoms with Crippen molar-refractivity contribution >= 4 is 5.69 Å². The van der Waals surface area contributed by atoms with Gasteiger partial charge in [0, 0.05) is 17.3 Å².